The molecular weight excluding hydrogens is 252 g/mol. The summed E-state index contributed by atoms with van der Waals surface area (Å²) in [6.45, 7) is 2.60. The minimum Gasteiger partial charge on any atom is -0.467 e. The van der Waals surface area contributed by atoms with Gasteiger partial charge in [0.1, 0.15) is 0 Å². The van der Waals surface area contributed by atoms with Gasteiger partial charge < -0.3 is 15.4 Å². The molecule has 0 amide bonds. The van der Waals surface area contributed by atoms with Gasteiger partial charge in [0.15, 0.2) is 0 Å². The number of rotatable bonds is 5. The molecule has 0 radical (unpaired) electrons. The molecule has 0 saturated carbocycles. The third-order valence-corrected chi connectivity index (χ3v) is 3.21. The summed E-state index contributed by atoms with van der Waals surface area (Å²) in [5, 5.41) is 5.98. The molecule has 0 fully saturated rings. The lowest BCUT2D eigenvalue weighted by Gasteiger charge is -2.07. The van der Waals surface area contributed by atoms with E-state index in [0.29, 0.717) is 18.4 Å². The maximum absolute atomic E-state index is 5.01. The largest absolute Gasteiger partial charge is 0.467 e. The van der Waals surface area contributed by atoms with E-state index in [1.165, 1.54) is 7.11 Å². The number of methoxy groups -OCH3 is 1. The van der Waals surface area contributed by atoms with Crippen LogP contribution in [0.2, 0.25) is 0 Å². The highest BCUT2D eigenvalue weighted by atomic mass is 32.1. The molecule has 0 aromatic carbocycles. The van der Waals surface area contributed by atoms with E-state index in [9.17, 15) is 0 Å². The average Bonchev–Trinajstić information content (AvgIpc) is 2.81. The minimum absolute atomic E-state index is 0.276. The SMILES string of the molecule is CNc1nc(NCc2scnc2C)nc(OC)n1. The van der Waals surface area contributed by atoms with Crippen LogP contribution < -0.4 is 15.4 Å². The molecule has 0 aliphatic carbocycles. The van der Waals surface area contributed by atoms with Crippen molar-refractivity contribution in [3.05, 3.63) is 16.1 Å². The molecule has 0 aliphatic heterocycles. The topological polar surface area (TPSA) is 84.9 Å². The van der Waals surface area contributed by atoms with Crippen LogP contribution in [-0.4, -0.2) is 34.1 Å². The van der Waals surface area contributed by atoms with Gasteiger partial charge in [-0.05, 0) is 6.92 Å². The van der Waals surface area contributed by atoms with Crippen molar-refractivity contribution >= 4 is 23.2 Å². The highest BCUT2D eigenvalue weighted by molar-refractivity contribution is 7.09. The molecule has 2 aromatic heterocycles. The number of nitrogens with one attached hydrogen (secondary N) is 2. The Kier molecular flexibility index (Phi) is 3.88. The van der Waals surface area contributed by atoms with E-state index in [4.69, 9.17) is 4.74 Å². The van der Waals surface area contributed by atoms with Crippen molar-refractivity contribution in [2.24, 2.45) is 0 Å². The molecule has 0 aliphatic rings. The number of hydrogen-bond acceptors (Lipinski definition) is 8. The number of nitrogens with zero attached hydrogens (tertiary/aromatic N) is 4. The van der Waals surface area contributed by atoms with Crippen LogP contribution in [0, 0.1) is 6.92 Å². The van der Waals surface area contributed by atoms with Crippen LogP contribution >= 0.6 is 11.3 Å². The zero-order valence-corrected chi connectivity index (χ0v) is 11.2. The first-order valence-electron chi connectivity index (χ1n) is 5.33. The normalized spacial score (nSPS) is 10.2. The molecule has 8 heteroatoms. The van der Waals surface area contributed by atoms with Crippen LogP contribution in [0.4, 0.5) is 11.9 Å². The Morgan fingerprint density at radius 2 is 2.06 bits per heavy atom. The lowest BCUT2D eigenvalue weighted by molar-refractivity contribution is 0.379. The van der Waals surface area contributed by atoms with Gasteiger partial charge in [-0.1, -0.05) is 0 Å². The molecule has 96 valence electrons. The third kappa shape index (κ3) is 2.83. The molecule has 0 saturated heterocycles. The molecule has 18 heavy (non-hydrogen) atoms. The van der Waals surface area contributed by atoms with Crippen LogP contribution in [0.15, 0.2) is 5.51 Å². The number of ether oxygens (including phenoxy) is 1. The summed E-state index contributed by atoms with van der Waals surface area (Å²) in [4.78, 5) is 17.7. The van der Waals surface area contributed by atoms with E-state index >= 15 is 0 Å². The lowest BCUT2D eigenvalue weighted by Crippen LogP contribution is -2.08. The predicted molar refractivity (Wildman–Crippen MR) is 70.1 cm³/mol. The second-order valence-corrected chi connectivity index (χ2v) is 4.37. The Morgan fingerprint density at radius 1 is 1.28 bits per heavy atom. The van der Waals surface area contributed by atoms with Crippen molar-refractivity contribution in [1.82, 2.24) is 19.9 Å². The maximum atomic E-state index is 5.01. The molecule has 2 rings (SSSR count). The van der Waals surface area contributed by atoms with Crippen LogP contribution in [0.5, 0.6) is 6.01 Å². The van der Waals surface area contributed by atoms with E-state index < -0.39 is 0 Å². The Balaban J connectivity index is 2.11. The first-order valence-corrected chi connectivity index (χ1v) is 6.21. The summed E-state index contributed by atoms with van der Waals surface area (Å²) >= 11 is 1.60. The molecule has 7 nitrogen and oxygen atoms in total. The number of anilines is 2. The van der Waals surface area contributed by atoms with Gasteiger partial charge in [-0.25, -0.2) is 4.98 Å². The van der Waals surface area contributed by atoms with E-state index in [-0.39, 0.29) is 6.01 Å². The second-order valence-electron chi connectivity index (χ2n) is 3.43. The van der Waals surface area contributed by atoms with Gasteiger partial charge in [-0.15, -0.1) is 11.3 Å². The smallest absolute Gasteiger partial charge is 0.322 e. The molecule has 0 bridgehead atoms. The number of aryl methyl sites for hydroxylation is 1. The highest BCUT2D eigenvalue weighted by Gasteiger charge is 2.07. The van der Waals surface area contributed by atoms with Gasteiger partial charge in [0.2, 0.25) is 11.9 Å². The standard InChI is InChI=1S/C10H14N6OS/c1-6-7(18-5-13-6)4-12-9-14-8(11-2)15-10(16-9)17-3/h5H,4H2,1-3H3,(H2,11,12,14,15,16). The Bertz CT molecular complexity index is 507. The van der Waals surface area contributed by atoms with Crippen molar-refractivity contribution in [2.75, 3.05) is 24.8 Å². The second kappa shape index (κ2) is 5.58. The quantitative estimate of drug-likeness (QED) is 0.843. The highest BCUT2D eigenvalue weighted by Crippen LogP contribution is 2.15. The summed E-state index contributed by atoms with van der Waals surface area (Å²) in [5.41, 5.74) is 2.83. The molecule has 0 unspecified atom stereocenters. The molecule has 2 N–H and O–H groups in total. The van der Waals surface area contributed by atoms with Gasteiger partial charge in [0.25, 0.3) is 0 Å². The lowest BCUT2D eigenvalue weighted by atomic mass is 10.4. The first kappa shape index (κ1) is 12.5. The van der Waals surface area contributed by atoms with Gasteiger partial charge >= 0.3 is 6.01 Å². The average molecular weight is 266 g/mol. The predicted octanol–water partition coefficient (Wildman–Crippen LogP) is 1.30. The third-order valence-electron chi connectivity index (χ3n) is 2.27. The van der Waals surface area contributed by atoms with Crippen molar-refractivity contribution in [3.8, 4) is 6.01 Å². The molecular formula is C10H14N6OS. The van der Waals surface area contributed by atoms with Crippen molar-refractivity contribution in [1.29, 1.82) is 0 Å². The summed E-state index contributed by atoms with van der Waals surface area (Å²) in [6, 6.07) is 0.276. The fourth-order valence-corrected chi connectivity index (χ4v) is 2.01. The summed E-state index contributed by atoms with van der Waals surface area (Å²) in [5.74, 6) is 0.935. The number of thiazole rings is 1. The number of aromatic nitrogens is 4. The van der Waals surface area contributed by atoms with E-state index in [1.807, 2.05) is 12.4 Å². The Labute approximate surface area is 109 Å². The van der Waals surface area contributed by atoms with Crippen LogP contribution in [-0.2, 0) is 6.54 Å². The maximum Gasteiger partial charge on any atom is 0.322 e. The van der Waals surface area contributed by atoms with Gasteiger partial charge in [0.05, 0.1) is 24.9 Å². The van der Waals surface area contributed by atoms with Crippen LogP contribution in [0.3, 0.4) is 0 Å². The molecule has 0 atom stereocenters. The van der Waals surface area contributed by atoms with Crippen LogP contribution in [0.1, 0.15) is 10.6 Å². The van der Waals surface area contributed by atoms with Crippen molar-refractivity contribution < 1.29 is 4.74 Å². The monoisotopic (exact) mass is 266 g/mol. The summed E-state index contributed by atoms with van der Waals surface area (Å²) < 4.78 is 5.01. The minimum atomic E-state index is 0.276. The summed E-state index contributed by atoms with van der Waals surface area (Å²) in [6.07, 6.45) is 0. The van der Waals surface area contributed by atoms with Gasteiger partial charge in [-0.3, -0.25) is 0 Å². The summed E-state index contributed by atoms with van der Waals surface area (Å²) in [7, 11) is 3.26. The van der Waals surface area contributed by atoms with Gasteiger partial charge in [0, 0.05) is 11.9 Å². The number of hydrogen-bond donors (Lipinski definition) is 2. The first-order chi connectivity index (χ1) is 8.72. The van der Waals surface area contributed by atoms with E-state index in [2.05, 4.69) is 30.6 Å². The van der Waals surface area contributed by atoms with Crippen molar-refractivity contribution in [3.63, 3.8) is 0 Å². The van der Waals surface area contributed by atoms with Crippen LogP contribution in [0.25, 0.3) is 0 Å². The van der Waals surface area contributed by atoms with Crippen molar-refractivity contribution in [2.45, 2.75) is 13.5 Å². The zero-order valence-electron chi connectivity index (χ0n) is 10.4. The zero-order chi connectivity index (χ0) is 13.0. The molecule has 2 aromatic rings. The van der Waals surface area contributed by atoms with Gasteiger partial charge in [-0.2, -0.15) is 15.0 Å². The van der Waals surface area contributed by atoms with E-state index in [1.54, 1.807) is 18.4 Å². The fourth-order valence-electron chi connectivity index (χ4n) is 1.29. The van der Waals surface area contributed by atoms with E-state index in [0.717, 1.165) is 10.6 Å². The fraction of sp³-hybridized carbons (Fsp3) is 0.400. The molecule has 0 spiro atoms. The molecule has 2 heterocycles. The Morgan fingerprint density at radius 3 is 2.67 bits per heavy atom. The Hall–Kier alpha value is -1.96.